The number of aryl methyl sites for hydroxylation is 2. The van der Waals surface area contributed by atoms with E-state index in [1.807, 2.05) is 18.5 Å². The molecular formula is C13H22ClN3O2. The minimum Gasteiger partial charge on any atom is -0.262 e. The standard InChI is InChI=1S/C13H22ClN3O2/c1-3-11-13(17(18)19)12(4-2)16(15-11)10-8-6-5-7-9-14/h3-10H2,1-2H3. The van der Waals surface area contributed by atoms with Gasteiger partial charge >= 0.3 is 5.69 Å². The molecule has 5 nitrogen and oxygen atoms in total. The van der Waals surface area contributed by atoms with Crippen LogP contribution in [0.2, 0.25) is 0 Å². The Labute approximate surface area is 119 Å². The molecule has 1 aromatic rings. The highest BCUT2D eigenvalue weighted by atomic mass is 35.5. The fourth-order valence-corrected chi connectivity index (χ4v) is 2.42. The number of halogens is 1. The molecule has 108 valence electrons. The van der Waals surface area contributed by atoms with E-state index in [1.165, 1.54) is 0 Å². The van der Waals surface area contributed by atoms with Crippen molar-refractivity contribution >= 4 is 17.3 Å². The van der Waals surface area contributed by atoms with Gasteiger partial charge in [-0.1, -0.05) is 26.7 Å². The Morgan fingerprint density at radius 2 is 1.89 bits per heavy atom. The maximum Gasteiger partial charge on any atom is 0.313 e. The number of unbranched alkanes of at least 4 members (excludes halogenated alkanes) is 3. The van der Waals surface area contributed by atoms with Crippen molar-refractivity contribution in [3.05, 3.63) is 21.5 Å². The van der Waals surface area contributed by atoms with E-state index in [9.17, 15) is 10.1 Å². The first kappa shape index (κ1) is 16.0. The molecule has 0 aliphatic heterocycles. The monoisotopic (exact) mass is 287 g/mol. The third-order valence-electron chi connectivity index (χ3n) is 3.21. The molecule has 1 rings (SSSR count). The lowest BCUT2D eigenvalue weighted by Crippen LogP contribution is -2.05. The van der Waals surface area contributed by atoms with Crippen molar-refractivity contribution in [3.63, 3.8) is 0 Å². The number of alkyl halides is 1. The van der Waals surface area contributed by atoms with Gasteiger partial charge in [-0.25, -0.2) is 0 Å². The topological polar surface area (TPSA) is 61.0 Å². The normalized spacial score (nSPS) is 10.9. The molecule has 0 bridgehead atoms. The van der Waals surface area contributed by atoms with Gasteiger partial charge in [0.05, 0.1) is 4.92 Å². The summed E-state index contributed by atoms with van der Waals surface area (Å²) >= 11 is 5.63. The predicted octanol–water partition coefficient (Wildman–Crippen LogP) is 3.72. The van der Waals surface area contributed by atoms with E-state index in [4.69, 9.17) is 11.6 Å². The summed E-state index contributed by atoms with van der Waals surface area (Å²) in [5.74, 6) is 0.702. The molecular weight excluding hydrogens is 266 g/mol. The third-order valence-corrected chi connectivity index (χ3v) is 3.47. The Kier molecular flexibility index (Phi) is 6.84. The smallest absolute Gasteiger partial charge is 0.262 e. The maximum atomic E-state index is 11.1. The lowest BCUT2D eigenvalue weighted by molar-refractivity contribution is -0.386. The van der Waals surface area contributed by atoms with Gasteiger partial charge in [0, 0.05) is 12.4 Å². The minimum atomic E-state index is -0.297. The summed E-state index contributed by atoms with van der Waals surface area (Å²) in [6, 6.07) is 0. The molecule has 0 N–H and O–H groups in total. The van der Waals surface area contributed by atoms with Crippen LogP contribution in [-0.4, -0.2) is 20.6 Å². The van der Waals surface area contributed by atoms with Crippen molar-refractivity contribution < 1.29 is 4.92 Å². The summed E-state index contributed by atoms with van der Waals surface area (Å²) in [6.45, 7) is 4.60. The molecule has 0 saturated carbocycles. The zero-order valence-electron chi connectivity index (χ0n) is 11.7. The average Bonchev–Trinajstić information content (AvgIpc) is 2.76. The van der Waals surface area contributed by atoms with Crippen LogP contribution >= 0.6 is 11.6 Å². The molecule has 0 aliphatic carbocycles. The van der Waals surface area contributed by atoms with Crippen LogP contribution in [0.15, 0.2) is 0 Å². The fraction of sp³-hybridized carbons (Fsp3) is 0.769. The zero-order valence-corrected chi connectivity index (χ0v) is 12.4. The first-order chi connectivity index (χ1) is 9.15. The quantitative estimate of drug-likeness (QED) is 0.301. The summed E-state index contributed by atoms with van der Waals surface area (Å²) in [4.78, 5) is 10.8. The molecule has 19 heavy (non-hydrogen) atoms. The van der Waals surface area contributed by atoms with Crippen molar-refractivity contribution in [3.8, 4) is 0 Å². The van der Waals surface area contributed by atoms with E-state index in [0.29, 0.717) is 24.4 Å². The summed E-state index contributed by atoms with van der Waals surface area (Å²) in [5, 5.41) is 15.5. The molecule has 0 atom stereocenters. The van der Waals surface area contributed by atoms with Gasteiger partial charge in [-0.2, -0.15) is 5.10 Å². The fourth-order valence-electron chi connectivity index (χ4n) is 2.24. The minimum absolute atomic E-state index is 0.214. The summed E-state index contributed by atoms with van der Waals surface area (Å²) in [7, 11) is 0. The van der Waals surface area contributed by atoms with Gasteiger partial charge in [-0.15, -0.1) is 11.6 Å². The second kappa shape index (κ2) is 8.15. The lowest BCUT2D eigenvalue weighted by atomic mass is 10.2. The first-order valence-corrected chi connectivity index (χ1v) is 7.48. The van der Waals surface area contributed by atoms with Crippen LogP contribution in [0.25, 0.3) is 0 Å². The van der Waals surface area contributed by atoms with Gasteiger partial charge < -0.3 is 0 Å². The highest BCUT2D eigenvalue weighted by Gasteiger charge is 2.24. The predicted molar refractivity (Wildman–Crippen MR) is 76.8 cm³/mol. The number of aromatic nitrogens is 2. The second-order valence-electron chi connectivity index (χ2n) is 4.53. The molecule has 1 heterocycles. The summed E-state index contributed by atoms with van der Waals surface area (Å²) in [6.07, 6.45) is 5.46. The lowest BCUT2D eigenvalue weighted by Gasteiger charge is -2.04. The molecule has 0 amide bonds. The highest BCUT2D eigenvalue weighted by Crippen LogP contribution is 2.25. The van der Waals surface area contributed by atoms with Crippen molar-refractivity contribution in [1.82, 2.24) is 9.78 Å². The molecule has 0 saturated heterocycles. The molecule has 0 fully saturated rings. The molecule has 0 radical (unpaired) electrons. The molecule has 1 aromatic heterocycles. The van der Waals surface area contributed by atoms with Crippen LogP contribution in [0.3, 0.4) is 0 Å². The van der Waals surface area contributed by atoms with Crippen LogP contribution in [-0.2, 0) is 19.4 Å². The zero-order chi connectivity index (χ0) is 14.3. The maximum absolute atomic E-state index is 11.1. The van der Waals surface area contributed by atoms with E-state index in [2.05, 4.69) is 5.10 Å². The Hall–Kier alpha value is -1.10. The number of hydrogen-bond donors (Lipinski definition) is 0. The van der Waals surface area contributed by atoms with E-state index in [1.54, 1.807) is 0 Å². The van der Waals surface area contributed by atoms with E-state index >= 15 is 0 Å². The van der Waals surface area contributed by atoms with Crippen LogP contribution in [0.1, 0.15) is 50.9 Å². The second-order valence-corrected chi connectivity index (χ2v) is 4.91. The van der Waals surface area contributed by atoms with E-state index < -0.39 is 0 Å². The molecule has 6 heteroatoms. The van der Waals surface area contributed by atoms with Crippen molar-refractivity contribution in [1.29, 1.82) is 0 Å². The van der Waals surface area contributed by atoms with Crippen molar-refractivity contribution in [2.45, 2.75) is 58.9 Å². The number of nitro groups is 1. The van der Waals surface area contributed by atoms with Crippen LogP contribution in [0, 0.1) is 10.1 Å². The largest absolute Gasteiger partial charge is 0.313 e. The number of hydrogen-bond acceptors (Lipinski definition) is 3. The van der Waals surface area contributed by atoms with Crippen molar-refractivity contribution in [2.75, 3.05) is 5.88 Å². The average molecular weight is 288 g/mol. The Balaban J connectivity index is 2.74. The van der Waals surface area contributed by atoms with E-state index in [0.717, 1.165) is 37.9 Å². The number of rotatable bonds is 9. The Morgan fingerprint density at radius 1 is 1.21 bits per heavy atom. The Morgan fingerprint density at radius 3 is 2.42 bits per heavy atom. The van der Waals surface area contributed by atoms with Gasteiger partial charge in [-0.3, -0.25) is 14.8 Å². The van der Waals surface area contributed by atoms with Gasteiger partial charge in [0.25, 0.3) is 0 Å². The van der Waals surface area contributed by atoms with Crippen LogP contribution < -0.4 is 0 Å². The van der Waals surface area contributed by atoms with Crippen LogP contribution in [0.5, 0.6) is 0 Å². The van der Waals surface area contributed by atoms with E-state index in [-0.39, 0.29) is 10.6 Å². The third kappa shape index (κ3) is 4.20. The molecule has 0 spiro atoms. The van der Waals surface area contributed by atoms with Crippen LogP contribution in [0.4, 0.5) is 5.69 Å². The molecule has 0 aromatic carbocycles. The molecule has 0 unspecified atom stereocenters. The van der Waals surface area contributed by atoms with Crippen molar-refractivity contribution in [2.24, 2.45) is 0 Å². The van der Waals surface area contributed by atoms with Gasteiger partial charge in [0.15, 0.2) is 0 Å². The highest BCUT2D eigenvalue weighted by molar-refractivity contribution is 6.17. The van der Waals surface area contributed by atoms with Gasteiger partial charge in [-0.05, 0) is 25.7 Å². The summed E-state index contributed by atoms with van der Waals surface area (Å²) in [5.41, 5.74) is 1.56. The Bertz CT molecular complexity index is 418. The first-order valence-electron chi connectivity index (χ1n) is 6.94. The summed E-state index contributed by atoms with van der Waals surface area (Å²) < 4.78 is 1.82. The number of nitrogens with zero attached hydrogens (tertiary/aromatic N) is 3. The van der Waals surface area contributed by atoms with Gasteiger partial charge in [0.2, 0.25) is 0 Å². The SMILES string of the molecule is CCc1nn(CCCCCCCl)c(CC)c1[N+](=O)[O-]. The van der Waals surface area contributed by atoms with Gasteiger partial charge in [0.1, 0.15) is 11.4 Å². The molecule has 0 aliphatic rings.